The van der Waals surface area contributed by atoms with Crippen LogP contribution in [0.25, 0.3) is 0 Å². The molecular weight excluding hydrogens is 176 g/mol. The van der Waals surface area contributed by atoms with Crippen molar-refractivity contribution < 1.29 is 13.9 Å². The van der Waals surface area contributed by atoms with E-state index < -0.39 is 12.5 Å². The highest BCUT2D eigenvalue weighted by molar-refractivity contribution is 5.26. The summed E-state index contributed by atoms with van der Waals surface area (Å²) in [5.74, 6) is 0.120. The first-order valence-electron chi connectivity index (χ1n) is 3.91. The van der Waals surface area contributed by atoms with E-state index in [0.717, 1.165) is 0 Å². The number of benzene rings is 1. The lowest BCUT2D eigenvalue weighted by Crippen LogP contribution is -2.30. The Bertz CT molecular complexity index is 261. The van der Waals surface area contributed by atoms with E-state index >= 15 is 0 Å². The first-order valence-corrected chi connectivity index (χ1v) is 3.91. The molecule has 0 heterocycles. The molecule has 72 valence electrons. The Morgan fingerprint density at radius 2 is 1.77 bits per heavy atom. The van der Waals surface area contributed by atoms with E-state index in [-0.39, 0.29) is 12.2 Å². The Hall–Kier alpha value is -1.16. The fraction of sp³-hybridized carbons (Fsp3) is 0.333. The molecule has 0 fully saturated rings. The maximum atomic E-state index is 12.0. The summed E-state index contributed by atoms with van der Waals surface area (Å²) in [6, 6.07) is 4.93. The predicted molar refractivity (Wildman–Crippen MR) is 45.8 cm³/mol. The zero-order valence-electron chi connectivity index (χ0n) is 6.95. The summed E-state index contributed by atoms with van der Waals surface area (Å²) in [5.41, 5.74) is 5.87. The van der Waals surface area contributed by atoms with Crippen molar-refractivity contribution in [2.24, 2.45) is 5.73 Å². The van der Waals surface area contributed by atoms with E-state index in [1.165, 1.54) is 12.1 Å². The van der Waals surface area contributed by atoms with Crippen LogP contribution >= 0.6 is 0 Å². The normalized spacial score (nSPS) is 13.2. The van der Waals surface area contributed by atoms with Crippen molar-refractivity contribution in [2.75, 3.05) is 0 Å². The lowest BCUT2D eigenvalue weighted by atomic mass is 10.1. The molecule has 1 unspecified atom stereocenters. The summed E-state index contributed by atoms with van der Waals surface area (Å²) in [6.45, 7) is 0. The van der Waals surface area contributed by atoms with Gasteiger partial charge in [-0.3, -0.25) is 0 Å². The van der Waals surface area contributed by atoms with Gasteiger partial charge in [0.1, 0.15) is 5.75 Å². The van der Waals surface area contributed by atoms with E-state index in [4.69, 9.17) is 10.8 Å². The van der Waals surface area contributed by atoms with Crippen LogP contribution in [0.2, 0.25) is 0 Å². The summed E-state index contributed by atoms with van der Waals surface area (Å²) < 4.78 is 24.0. The maximum absolute atomic E-state index is 12.0. The van der Waals surface area contributed by atoms with E-state index in [1.54, 1.807) is 12.1 Å². The number of hydrogen-bond donors (Lipinski definition) is 2. The summed E-state index contributed by atoms with van der Waals surface area (Å²) in [6.07, 6.45) is -2.38. The third-order valence-corrected chi connectivity index (χ3v) is 1.73. The van der Waals surface area contributed by atoms with Crippen LogP contribution in [-0.4, -0.2) is 17.6 Å². The van der Waals surface area contributed by atoms with Crippen molar-refractivity contribution in [2.45, 2.75) is 18.9 Å². The summed E-state index contributed by atoms with van der Waals surface area (Å²) in [7, 11) is 0. The lowest BCUT2D eigenvalue weighted by Gasteiger charge is -2.09. The van der Waals surface area contributed by atoms with Crippen LogP contribution in [-0.2, 0) is 6.42 Å². The molecular formula is C9H11F2NO. The summed E-state index contributed by atoms with van der Waals surface area (Å²) >= 11 is 0. The van der Waals surface area contributed by atoms with Crippen LogP contribution in [0, 0.1) is 0 Å². The monoisotopic (exact) mass is 187 g/mol. The average Bonchev–Trinajstić information content (AvgIpc) is 2.08. The molecule has 0 bridgehead atoms. The number of phenolic OH excluding ortho intramolecular Hbond substituents is 1. The quantitative estimate of drug-likeness (QED) is 0.753. The Labute approximate surface area is 75.0 Å². The second-order valence-corrected chi connectivity index (χ2v) is 2.87. The van der Waals surface area contributed by atoms with Crippen molar-refractivity contribution in [1.29, 1.82) is 0 Å². The molecule has 1 rings (SSSR count). The Morgan fingerprint density at radius 3 is 2.23 bits per heavy atom. The Kier molecular flexibility index (Phi) is 3.19. The molecule has 3 N–H and O–H groups in total. The van der Waals surface area contributed by atoms with E-state index in [1.807, 2.05) is 0 Å². The van der Waals surface area contributed by atoms with Crippen molar-refractivity contribution in [3.05, 3.63) is 29.8 Å². The molecule has 0 radical (unpaired) electrons. The molecule has 1 atom stereocenters. The third-order valence-electron chi connectivity index (χ3n) is 1.73. The molecule has 0 amide bonds. The minimum absolute atomic E-state index is 0.120. The van der Waals surface area contributed by atoms with E-state index in [2.05, 4.69) is 0 Å². The molecule has 0 saturated carbocycles. The Morgan fingerprint density at radius 1 is 1.23 bits per heavy atom. The van der Waals surface area contributed by atoms with Crippen LogP contribution in [0.1, 0.15) is 5.56 Å². The van der Waals surface area contributed by atoms with Gasteiger partial charge in [0, 0.05) is 0 Å². The van der Waals surface area contributed by atoms with Crippen LogP contribution in [0.4, 0.5) is 8.78 Å². The highest BCUT2D eigenvalue weighted by Crippen LogP contribution is 2.12. The molecule has 0 aliphatic rings. The third kappa shape index (κ3) is 2.99. The van der Waals surface area contributed by atoms with Gasteiger partial charge >= 0.3 is 0 Å². The smallest absolute Gasteiger partial charge is 0.253 e. The number of rotatable bonds is 3. The van der Waals surface area contributed by atoms with Crippen LogP contribution in [0.15, 0.2) is 24.3 Å². The lowest BCUT2D eigenvalue weighted by molar-refractivity contribution is 0.116. The first kappa shape index (κ1) is 9.92. The number of aromatic hydroxyl groups is 1. The van der Waals surface area contributed by atoms with Gasteiger partial charge in [0.25, 0.3) is 6.43 Å². The molecule has 13 heavy (non-hydrogen) atoms. The van der Waals surface area contributed by atoms with Crippen LogP contribution in [0.5, 0.6) is 5.75 Å². The number of alkyl halides is 2. The molecule has 1 aromatic carbocycles. The second kappa shape index (κ2) is 4.18. The molecule has 0 aliphatic heterocycles. The molecule has 1 aromatic rings. The van der Waals surface area contributed by atoms with Gasteiger partial charge in [-0.2, -0.15) is 0 Å². The number of halogens is 2. The van der Waals surface area contributed by atoms with Gasteiger partial charge in [0.2, 0.25) is 0 Å². The first-order chi connectivity index (χ1) is 6.09. The van der Waals surface area contributed by atoms with Gasteiger partial charge in [-0.15, -0.1) is 0 Å². The highest BCUT2D eigenvalue weighted by Gasteiger charge is 2.15. The maximum Gasteiger partial charge on any atom is 0.253 e. The van der Waals surface area contributed by atoms with Gasteiger partial charge in [-0.25, -0.2) is 8.78 Å². The van der Waals surface area contributed by atoms with Gasteiger partial charge in [0.15, 0.2) is 0 Å². The van der Waals surface area contributed by atoms with Gasteiger partial charge in [0.05, 0.1) is 6.04 Å². The van der Waals surface area contributed by atoms with Crippen molar-refractivity contribution >= 4 is 0 Å². The molecule has 0 spiro atoms. The van der Waals surface area contributed by atoms with E-state index in [0.29, 0.717) is 5.56 Å². The van der Waals surface area contributed by atoms with Gasteiger partial charge in [-0.05, 0) is 24.1 Å². The SMILES string of the molecule is NC(Cc1ccc(O)cc1)C(F)F. The average molecular weight is 187 g/mol. The second-order valence-electron chi connectivity index (χ2n) is 2.87. The van der Waals surface area contributed by atoms with Crippen molar-refractivity contribution in [3.63, 3.8) is 0 Å². The minimum atomic E-state index is -2.51. The van der Waals surface area contributed by atoms with E-state index in [9.17, 15) is 8.78 Å². The number of nitrogens with two attached hydrogens (primary N) is 1. The molecule has 4 heteroatoms. The molecule has 0 saturated heterocycles. The van der Waals surface area contributed by atoms with Gasteiger partial charge in [-0.1, -0.05) is 12.1 Å². The molecule has 0 aliphatic carbocycles. The number of hydrogen-bond acceptors (Lipinski definition) is 2. The predicted octanol–water partition coefficient (Wildman–Crippen LogP) is 1.53. The molecule has 0 aromatic heterocycles. The zero-order valence-corrected chi connectivity index (χ0v) is 6.95. The summed E-state index contributed by atoms with van der Waals surface area (Å²) in [5, 5.41) is 8.92. The van der Waals surface area contributed by atoms with Crippen molar-refractivity contribution in [3.8, 4) is 5.75 Å². The Balaban J connectivity index is 2.59. The largest absolute Gasteiger partial charge is 0.508 e. The fourth-order valence-electron chi connectivity index (χ4n) is 0.993. The highest BCUT2D eigenvalue weighted by atomic mass is 19.3. The minimum Gasteiger partial charge on any atom is -0.508 e. The fourth-order valence-corrected chi connectivity index (χ4v) is 0.993. The zero-order chi connectivity index (χ0) is 9.84. The number of phenols is 1. The van der Waals surface area contributed by atoms with Crippen LogP contribution < -0.4 is 5.73 Å². The van der Waals surface area contributed by atoms with Crippen LogP contribution in [0.3, 0.4) is 0 Å². The van der Waals surface area contributed by atoms with Crippen molar-refractivity contribution in [1.82, 2.24) is 0 Å². The summed E-state index contributed by atoms with van der Waals surface area (Å²) in [4.78, 5) is 0. The molecule has 2 nitrogen and oxygen atoms in total. The van der Waals surface area contributed by atoms with Gasteiger partial charge < -0.3 is 10.8 Å². The standard InChI is InChI=1S/C9H11F2NO/c10-9(11)8(12)5-6-1-3-7(13)4-2-6/h1-4,8-9,13H,5,12H2. The topological polar surface area (TPSA) is 46.2 Å².